The Balaban J connectivity index is 1.71. The lowest BCUT2D eigenvalue weighted by Crippen LogP contribution is -2.98. The summed E-state index contributed by atoms with van der Waals surface area (Å²) in [6.45, 7) is 2.02. The molecule has 0 aliphatic carbocycles. The highest BCUT2D eigenvalue weighted by Crippen LogP contribution is 2.22. The summed E-state index contributed by atoms with van der Waals surface area (Å²) in [5.74, 6) is 1.43. The van der Waals surface area contributed by atoms with Crippen LogP contribution in [-0.4, -0.2) is 7.05 Å². The molecule has 0 spiro atoms. The van der Waals surface area contributed by atoms with E-state index in [4.69, 9.17) is 4.74 Å². The molecule has 3 rings (SSSR count). The number of benzene rings is 3. The van der Waals surface area contributed by atoms with Gasteiger partial charge in [-0.25, -0.2) is 0 Å². The van der Waals surface area contributed by atoms with Gasteiger partial charge in [-0.3, -0.25) is 0 Å². The molecule has 3 aromatic carbocycles. The van der Waals surface area contributed by atoms with E-state index in [9.17, 15) is 10.4 Å². The molecule has 5 heteroatoms. The molecule has 0 aliphatic heterocycles. The van der Waals surface area contributed by atoms with Crippen LogP contribution in [0.1, 0.15) is 5.56 Å². The zero-order chi connectivity index (χ0) is 17.8. The molecule has 0 bridgehead atoms. The summed E-state index contributed by atoms with van der Waals surface area (Å²) in [7, 11) is 1.50. The minimum atomic E-state index is -0.0861. The van der Waals surface area contributed by atoms with Crippen LogP contribution >= 0.6 is 0 Å². The van der Waals surface area contributed by atoms with E-state index < -0.39 is 0 Å². The van der Waals surface area contributed by atoms with Crippen molar-refractivity contribution in [2.75, 3.05) is 7.05 Å². The first-order chi connectivity index (χ1) is 12.0. The van der Waals surface area contributed by atoms with Crippen LogP contribution in [0.5, 0.6) is 11.5 Å². The molecule has 5 nitrogen and oxygen atoms in total. The molecule has 3 aromatic rings. The third kappa shape index (κ3) is 4.23. The van der Waals surface area contributed by atoms with Gasteiger partial charge in [0, 0.05) is 36.4 Å². The van der Waals surface area contributed by atoms with Gasteiger partial charge in [0.1, 0.15) is 28.6 Å². The van der Waals surface area contributed by atoms with E-state index in [-0.39, 0.29) is 10.1 Å². The monoisotopic (exact) mass is 336 g/mol. The van der Waals surface area contributed by atoms with Gasteiger partial charge in [-0.2, -0.15) is 0 Å². The second-order valence-electron chi connectivity index (χ2n) is 5.90. The highest BCUT2D eigenvalue weighted by molar-refractivity contribution is 5.45. The summed E-state index contributed by atoms with van der Waals surface area (Å²) in [6, 6.07) is 21.5. The van der Waals surface area contributed by atoms with E-state index in [2.05, 4.69) is 0 Å². The number of rotatable bonds is 5. The molecule has 0 saturated heterocycles. The first-order valence-electron chi connectivity index (χ1n) is 8.03. The van der Waals surface area contributed by atoms with Crippen molar-refractivity contribution in [3.8, 4) is 11.5 Å². The Hall–Kier alpha value is -2.70. The van der Waals surface area contributed by atoms with Crippen molar-refractivity contribution in [1.29, 1.82) is 0 Å². The Kier molecular flexibility index (Phi) is 5.11. The van der Waals surface area contributed by atoms with Crippen molar-refractivity contribution in [2.45, 2.75) is 6.92 Å². The minimum Gasteiger partial charge on any atom is -0.629 e. The van der Waals surface area contributed by atoms with E-state index >= 15 is 0 Å². The SMILES string of the molecule is Cc1ccc(Oc2ccc([NH+]([O-])c3ccc([NH+](C)[O-])cc3)cc2)cc1. The summed E-state index contributed by atoms with van der Waals surface area (Å²) in [5, 5.41) is 23.7. The molecule has 0 fully saturated rings. The van der Waals surface area contributed by atoms with Crippen molar-refractivity contribution in [1.82, 2.24) is 0 Å². The highest BCUT2D eigenvalue weighted by atomic mass is 16.5. The Morgan fingerprint density at radius 2 is 1.04 bits per heavy atom. The van der Waals surface area contributed by atoms with Gasteiger partial charge in [0.15, 0.2) is 0 Å². The van der Waals surface area contributed by atoms with E-state index in [1.165, 1.54) is 12.6 Å². The fourth-order valence-corrected chi connectivity index (χ4v) is 2.44. The third-order valence-electron chi connectivity index (χ3n) is 3.93. The summed E-state index contributed by atoms with van der Waals surface area (Å²) in [4.78, 5) is 0. The molecule has 2 unspecified atom stereocenters. The van der Waals surface area contributed by atoms with Crippen LogP contribution in [0.15, 0.2) is 72.8 Å². The predicted octanol–water partition coefficient (Wildman–Crippen LogP) is 2.78. The lowest BCUT2D eigenvalue weighted by atomic mass is 10.2. The minimum absolute atomic E-state index is 0.0170. The van der Waals surface area contributed by atoms with Gasteiger partial charge < -0.3 is 25.3 Å². The molecule has 0 aromatic heterocycles. The number of hydrogen-bond donors (Lipinski definition) is 2. The van der Waals surface area contributed by atoms with Crippen LogP contribution in [0.25, 0.3) is 0 Å². The molecule has 25 heavy (non-hydrogen) atoms. The lowest BCUT2D eigenvalue weighted by molar-refractivity contribution is -0.751. The summed E-state index contributed by atoms with van der Waals surface area (Å²) in [6.07, 6.45) is 0. The van der Waals surface area contributed by atoms with Gasteiger partial charge in [0.05, 0.1) is 7.05 Å². The van der Waals surface area contributed by atoms with Crippen molar-refractivity contribution < 1.29 is 14.9 Å². The average Bonchev–Trinajstić information content (AvgIpc) is 2.64. The van der Waals surface area contributed by atoms with Gasteiger partial charge in [0.25, 0.3) is 0 Å². The van der Waals surface area contributed by atoms with Gasteiger partial charge >= 0.3 is 0 Å². The highest BCUT2D eigenvalue weighted by Gasteiger charge is 2.08. The smallest absolute Gasteiger partial charge is 0.136 e. The number of ether oxygens (including phenoxy) is 1. The van der Waals surface area contributed by atoms with E-state index in [0.29, 0.717) is 22.8 Å². The summed E-state index contributed by atoms with van der Waals surface area (Å²) in [5.41, 5.74) is 2.89. The van der Waals surface area contributed by atoms with Crippen LogP contribution in [-0.2, 0) is 0 Å². The molecule has 0 saturated carbocycles. The second kappa shape index (κ2) is 7.46. The number of hydroxylamine groups is 1. The molecule has 2 N–H and O–H groups in total. The maximum Gasteiger partial charge on any atom is 0.136 e. The van der Waals surface area contributed by atoms with Crippen LogP contribution in [0, 0.1) is 17.3 Å². The number of quaternary nitrogens is 2. The topological polar surface area (TPSA) is 64.2 Å². The van der Waals surface area contributed by atoms with Crippen molar-refractivity contribution >= 4 is 17.1 Å². The normalized spacial score (nSPS) is 13.3. The van der Waals surface area contributed by atoms with Crippen molar-refractivity contribution in [3.63, 3.8) is 0 Å². The molecule has 0 aliphatic rings. The van der Waals surface area contributed by atoms with E-state index in [0.717, 1.165) is 5.75 Å². The molecule has 0 amide bonds. The van der Waals surface area contributed by atoms with Gasteiger partial charge in [0.2, 0.25) is 0 Å². The molecular formula is C20H20N2O3. The molecule has 2 atom stereocenters. The molecule has 128 valence electrons. The number of aryl methyl sites for hydroxylation is 1. The van der Waals surface area contributed by atoms with Crippen molar-refractivity contribution in [3.05, 3.63) is 88.8 Å². The number of hydrogen-bond acceptors (Lipinski definition) is 3. The first-order valence-corrected chi connectivity index (χ1v) is 8.03. The molecule has 0 heterocycles. The van der Waals surface area contributed by atoms with Crippen LogP contribution < -0.4 is 14.9 Å². The van der Waals surface area contributed by atoms with Crippen molar-refractivity contribution in [2.24, 2.45) is 0 Å². The van der Waals surface area contributed by atoms with E-state index in [1.54, 1.807) is 48.5 Å². The van der Waals surface area contributed by atoms with Crippen LogP contribution in [0.4, 0.5) is 17.1 Å². The van der Waals surface area contributed by atoms with Gasteiger partial charge in [-0.1, -0.05) is 17.7 Å². The maximum absolute atomic E-state index is 12.5. The molecule has 0 radical (unpaired) electrons. The summed E-state index contributed by atoms with van der Waals surface area (Å²) < 4.78 is 5.77. The predicted molar refractivity (Wildman–Crippen MR) is 97.7 cm³/mol. The van der Waals surface area contributed by atoms with Crippen LogP contribution in [0.2, 0.25) is 0 Å². The average molecular weight is 336 g/mol. The zero-order valence-corrected chi connectivity index (χ0v) is 14.2. The third-order valence-corrected chi connectivity index (χ3v) is 3.93. The van der Waals surface area contributed by atoms with Crippen LogP contribution in [0.3, 0.4) is 0 Å². The fraction of sp³-hybridized carbons (Fsp3) is 0.100. The first kappa shape index (κ1) is 17.1. The summed E-state index contributed by atoms with van der Waals surface area (Å²) >= 11 is 0. The van der Waals surface area contributed by atoms with Gasteiger partial charge in [-0.15, -0.1) is 0 Å². The largest absolute Gasteiger partial charge is 0.629 e. The fourth-order valence-electron chi connectivity index (χ4n) is 2.44. The van der Waals surface area contributed by atoms with E-state index in [1.807, 2.05) is 31.2 Å². The van der Waals surface area contributed by atoms with Gasteiger partial charge in [-0.05, 0) is 31.2 Å². The zero-order valence-electron chi connectivity index (χ0n) is 14.2. The second-order valence-corrected chi connectivity index (χ2v) is 5.90. The number of nitrogens with one attached hydrogen (secondary N) is 2. The molecular weight excluding hydrogens is 316 g/mol. The maximum atomic E-state index is 12.5. The Morgan fingerprint density at radius 3 is 1.52 bits per heavy atom. The Morgan fingerprint density at radius 1 is 0.640 bits per heavy atom. The quantitative estimate of drug-likeness (QED) is 0.704. The lowest BCUT2D eigenvalue weighted by Gasteiger charge is -2.22. The Bertz CT molecular complexity index is 813. The standard InChI is InChI=1S/C20H20N2O3/c1-15-3-11-19(12-4-15)25-20-13-9-18(10-14-20)22(24)17-7-5-16(6-8-17)21(2)23/h3-14,21-22H,1-2H3. The Labute approximate surface area is 146 Å².